The monoisotopic (exact) mass is 344 g/mol. The van der Waals surface area contributed by atoms with Crippen LogP contribution >= 0.6 is 11.8 Å². The zero-order chi connectivity index (χ0) is 17.5. The summed E-state index contributed by atoms with van der Waals surface area (Å²) in [6.07, 6.45) is 1.59. The number of benzene rings is 2. The van der Waals surface area contributed by atoms with E-state index in [9.17, 15) is 14.0 Å². The maximum atomic E-state index is 13.0. The molecule has 2 amide bonds. The highest BCUT2D eigenvalue weighted by Gasteiger charge is 2.11. The minimum atomic E-state index is -0.310. The van der Waals surface area contributed by atoms with Crippen molar-refractivity contribution in [1.29, 1.82) is 0 Å². The molecule has 0 saturated carbocycles. The fourth-order valence-corrected chi connectivity index (χ4v) is 2.83. The van der Waals surface area contributed by atoms with Crippen LogP contribution in [-0.4, -0.2) is 18.4 Å². The van der Waals surface area contributed by atoms with Crippen LogP contribution in [0.1, 0.15) is 17.3 Å². The predicted molar refractivity (Wildman–Crippen MR) is 93.8 cm³/mol. The van der Waals surface area contributed by atoms with Gasteiger partial charge in [0.15, 0.2) is 0 Å². The van der Waals surface area contributed by atoms with Crippen molar-refractivity contribution in [3.05, 3.63) is 66.5 Å². The van der Waals surface area contributed by atoms with Crippen LogP contribution in [-0.2, 0) is 4.79 Å². The molecule has 0 aliphatic rings. The van der Waals surface area contributed by atoms with E-state index in [0.29, 0.717) is 17.8 Å². The third-order valence-electron chi connectivity index (χ3n) is 3.00. The number of hydrogen-bond acceptors (Lipinski definition) is 3. The number of nitrogens with one attached hydrogen (secondary N) is 2. The first-order valence-corrected chi connectivity index (χ1v) is 8.05. The minimum absolute atomic E-state index is 0.236. The van der Waals surface area contributed by atoms with E-state index in [1.165, 1.54) is 30.8 Å². The van der Waals surface area contributed by atoms with Crippen molar-refractivity contribution in [2.45, 2.75) is 16.7 Å². The van der Waals surface area contributed by atoms with Crippen molar-refractivity contribution in [1.82, 2.24) is 5.32 Å². The van der Waals surface area contributed by atoms with Gasteiger partial charge in [-0.3, -0.25) is 9.59 Å². The van der Waals surface area contributed by atoms with Crippen LogP contribution in [0.3, 0.4) is 0 Å². The van der Waals surface area contributed by atoms with E-state index in [-0.39, 0.29) is 17.6 Å². The summed E-state index contributed by atoms with van der Waals surface area (Å²) in [6, 6.07) is 11.1. The molecule has 0 spiro atoms. The topological polar surface area (TPSA) is 58.2 Å². The molecule has 2 aromatic carbocycles. The molecule has 0 atom stereocenters. The first-order chi connectivity index (χ1) is 11.5. The molecular weight excluding hydrogens is 327 g/mol. The first-order valence-electron chi connectivity index (χ1n) is 7.23. The molecule has 0 fully saturated rings. The Morgan fingerprint density at radius 2 is 1.92 bits per heavy atom. The Labute approximate surface area is 144 Å². The Kier molecular flexibility index (Phi) is 6.14. The summed E-state index contributed by atoms with van der Waals surface area (Å²) in [5.41, 5.74) is 0.965. The predicted octanol–water partition coefficient (Wildman–Crippen LogP) is 3.85. The highest BCUT2D eigenvalue weighted by molar-refractivity contribution is 7.99. The lowest BCUT2D eigenvalue weighted by atomic mass is 10.2. The number of anilines is 1. The van der Waals surface area contributed by atoms with Crippen molar-refractivity contribution < 1.29 is 14.0 Å². The number of halogens is 1. The van der Waals surface area contributed by atoms with Gasteiger partial charge < -0.3 is 10.6 Å². The van der Waals surface area contributed by atoms with Crippen molar-refractivity contribution in [2.24, 2.45) is 0 Å². The summed E-state index contributed by atoms with van der Waals surface area (Å²) in [6.45, 7) is 5.31. The summed E-state index contributed by atoms with van der Waals surface area (Å²) in [4.78, 5) is 25.0. The van der Waals surface area contributed by atoms with Gasteiger partial charge in [0.05, 0.1) is 5.69 Å². The first kappa shape index (κ1) is 17.7. The molecule has 6 heteroatoms. The van der Waals surface area contributed by atoms with Crippen molar-refractivity contribution in [3.8, 4) is 0 Å². The average Bonchev–Trinajstić information content (AvgIpc) is 2.55. The molecule has 24 heavy (non-hydrogen) atoms. The second kappa shape index (κ2) is 8.31. The van der Waals surface area contributed by atoms with E-state index in [0.717, 1.165) is 9.79 Å². The molecule has 124 valence electrons. The molecule has 0 aliphatic heterocycles. The second-order valence-corrected chi connectivity index (χ2v) is 6.06. The standard InChI is InChI=1S/C18H17FN2O2S/c1-3-10-20-18(23)13-4-9-17(16(11-13)21-12(2)22)24-15-7-5-14(19)6-8-15/h3-9,11H,1,10H2,2H3,(H,20,23)(H,21,22). The lowest BCUT2D eigenvalue weighted by Crippen LogP contribution is -2.23. The third kappa shape index (κ3) is 4.96. The number of carbonyl (C=O) groups excluding carboxylic acids is 2. The molecule has 0 radical (unpaired) electrons. The molecule has 0 heterocycles. The second-order valence-electron chi connectivity index (χ2n) is 4.95. The lowest BCUT2D eigenvalue weighted by Gasteiger charge is -2.12. The van der Waals surface area contributed by atoms with Gasteiger partial charge in [-0.15, -0.1) is 6.58 Å². The van der Waals surface area contributed by atoms with E-state index < -0.39 is 0 Å². The van der Waals surface area contributed by atoms with E-state index in [4.69, 9.17) is 0 Å². The molecule has 0 bridgehead atoms. The van der Waals surface area contributed by atoms with Crippen LogP contribution < -0.4 is 10.6 Å². The van der Waals surface area contributed by atoms with Crippen LogP contribution in [0.5, 0.6) is 0 Å². The largest absolute Gasteiger partial charge is 0.349 e. The molecule has 0 aromatic heterocycles. The Hall–Kier alpha value is -2.60. The van der Waals surface area contributed by atoms with Crippen LogP contribution in [0.4, 0.5) is 10.1 Å². The minimum Gasteiger partial charge on any atom is -0.349 e. The fourth-order valence-electron chi connectivity index (χ4n) is 1.94. The summed E-state index contributed by atoms with van der Waals surface area (Å²) in [5, 5.41) is 5.41. The molecule has 4 nitrogen and oxygen atoms in total. The number of rotatable bonds is 6. The van der Waals surface area contributed by atoms with Crippen molar-refractivity contribution in [3.63, 3.8) is 0 Å². The van der Waals surface area contributed by atoms with Gasteiger partial charge in [-0.1, -0.05) is 17.8 Å². The van der Waals surface area contributed by atoms with E-state index in [2.05, 4.69) is 17.2 Å². The van der Waals surface area contributed by atoms with Gasteiger partial charge in [-0.2, -0.15) is 0 Å². The normalized spacial score (nSPS) is 10.1. The van der Waals surface area contributed by atoms with Crippen LogP contribution in [0.2, 0.25) is 0 Å². The van der Waals surface area contributed by atoms with Gasteiger partial charge in [0.2, 0.25) is 5.91 Å². The number of amides is 2. The summed E-state index contributed by atoms with van der Waals surface area (Å²) < 4.78 is 13.0. The Balaban J connectivity index is 2.29. The van der Waals surface area contributed by atoms with E-state index >= 15 is 0 Å². The molecule has 0 aliphatic carbocycles. The third-order valence-corrected chi connectivity index (χ3v) is 4.08. The SMILES string of the molecule is C=CCNC(=O)c1ccc(Sc2ccc(F)cc2)c(NC(C)=O)c1. The molecule has 2 rings (SSSR count). The number of hydrogen-bond donors (Lipinski definition) is 2. The van der Waals surface area contributed by atoms with Gasteiger partial charge >= 0.3 is 0 Å². The van der Waals surface area contributed by atoms with Gasteiger partial charge in [-0.25, -0.2) is 4.39 Å². The smallest absolute Gasteiger partial charge is 0.251 e. The summed E-state index contributed by atoms with van der Waals surface area (Å²) >= 11 is 1.37. The average molecular weight is 344 g/mol. The Morgan fingerprint density at radius 3 is 2.54 bits per heavy atom. The number of carbonyl (C=O) groups is 2. The van der Waals surface area contributed by atoms with Gasteiger partial charge in [0, 0.05) is 28.8 Å². The maximum Gasteiger partial charge on any atom is 0.251 e. The van der Waals surface area contributed by atoms with Gasteiger partial charge in [-0.05, 0) is 42.5 Å². The zero-order valence-corrected chi connectivity index (χ0v) is 14.0. The summed E-state index contributed by atoms with van der Waals surface area (Å²) in [5.74, 6) is -0.796. The molecular formula is C18H17FN2O2S. The van der Waals surface area contributed by atoms with Gasteiger partial charge in [0.1, 0.15) is 5.82 Å². The van der Waals surface area contributed by atoms with E-state index in [1.807, 2.05) is 0 Å². The Morgan fingerprint density at radius 1 is 1.21 bits per heavy atom. The molecule has 0 saturated heterocycles. The van der Waals surface area contributed by atoms with E-state index in [1.54, 1.807) is 36.4 Å². The van der Waals surface area contributed by atoms with Crippen LogP contribution in [0.25, 0.3) is 0 Å². The van der Waals surface area contributed by atoms with Gasteiger partial charge in [0.25, 0.3) is 5.91 Å². The maximum absolute atomic E-state index is 13.0. The van der Waals surface area contributed by atoms with Crippen LogP contribution in [0.15, 0.2) is 64.9 Å². The molecule has 2 aromatic rings. The highest BCUT2D eigenvalue weighted by atomic mass is 32.2. The molecule has 0 unspecified atom stereocenters. The quantitative estimate of drug-likeness (QED) is 0.783. The lowest BCUT2D eigenvalue weighted by molar-refractivity contribution is -0.114. The highest BCUT2D eigenvalue weighted by Crippen LogP contribution is 2.34. The summed E-state index contributed by atoms with van der Waals surface area (Å²) in [7, 11) is 0. The van der Waals surface area contributed by atoms with Crippen molar-refractivity contribution >= 4 is 29.3 Å². The Bertz CT molecular complexity index is 760. The fraction of sp³-hybridized carbons (Fsp3) is 0.111. The zero-order valence-electron chi connectivity index (χ0n) is 13.1. The van der Waals surface area contributed by atoms with Crippen LogP contribution in [0, 0.1) is 5.82 Å². The van der Waals surface area contributed by atoms with Crippen molar-refractivity contribution in [2.75, 3.05) is 11.9 Å². The molecule has 2 N–H and O–H groups in total.